The SMILES string of the molecule is O=c1[nH]c2ccccc2c(=O)n1Cc1nc(-c2ccccc2)no1. The molecule has 2 aromatic carbocycles. The molecule has 4 rings (SSSR count). The Morgan fingerprint density at radius 2 is 1.75 bits per heavy atom. The predicted molar refractivity (Wildman–Crippen MR) is 87.7 cm³/mol. The van der Waals surface area contributed by atoms with Crippen molar-refractivity contribution < 1.29 is 4.52 Å². The summed E-state index contributed by atoms with van der Waals surface area (Å²) in [4.78, 5) is 31.6. The van der Waals surface area contributed by atoms with Crippen LogP contribution in [0.2, 0.25) is 0 Å². The summed E-state index contributed by atoms with van der Waals surface area (Å²) in [7, 11) is 0. The van der Waals surface area contributed by atoms with E-state index in [1.807, 2.05) is 30.3 Å². The largest absolute Gasteiger partial charge is 0.337 e. The highest BCUT2D eigenvalue weighted by molar-refractivity contribution is 5.76. The fourth-order valence-electron chi connectivity index (χ4n) is 2.50. The van der Waals surface area contributed by atoms with Crippen molar-refractivity contribution in [3.8, 4) is 11.4 Å². The van der Waals surface area contributed by atoms with Crippen molar-refractivity contribution in [2.75, 3.05) is 0 Å². The number of para-hydroxylation sites is 1. The smallest absolute Gasteiger partial charge is 0.329 e. The summed E-state index contributed by atoms with van der Waals surface area (Å²) in [6, 6.07) is 16.2. The van der Waals surface area contributed by atoms with Gasteiger partial charge in [0.25, 0.3) is 5.56 Å². The average Bonchev–Trinajstić information content (AvgIpc) is 3.08. The lowest BCUT2D eigenvalue weighted by Gasteiger charge is -2.03. The summed E-state index contributed by atoms with van der Waals surface area (Å²) in [6.45, 7) is -0.0845. The summed E-state index contributed by atoms with van der Waals surface area (Å²) in [5, 5.41) is 4.32. The molecule has 0 saturated heterocycles. The van der Waals surface area contributed by atoms with E-state index in [-0.39, 0.29) is 12.4 Å². The van der Waals surface area contributed by atoms with Crippen LogP contribution in [0.5, 0.6) is 0 Å². The molecule has 2 aromatic heterocycles. The number of hydrogen-bond acceptors (Lipinski definition) is 5. The van der Waals surface area contributed by atoms with Gasteiger partial charge >= 0.3 is 5.69 Å². The van der Waals surface area contributed by atoms with Crippen LogP contribution in [0, 0.1) is 0 Å². The number of rotatable bonds is 3. The highest BCUT2D eigenvalue weighted by Crippen LogP contribution is 2.14. The minimum absolute atomic E-state index is 0.0845. The number of fused-ring (bicyclic) bond motifs is 1. The van der Waals surface area contributed by atoms with Crippen molar-refractivity contribution in [1.29, 1.82) is 0 Å². The van der Waals surface area contributed by atoms with E-state index >= 15 is 0 Å². The van der Waals surface area contributed by atoms with Crippen molar-refractivity contribution in [1.82, 2.24) is 19.7 Å². The van der Waals surface area contributed by atoms with Gasteiger partial charge in [-0.05, 0) is 12.1 Å². The van der Waals surface area contributed by atoms with E-state index in [0.717, 1.165) is 10.1 Å². The fraction of sp³-hybridized carbons (Fsp3) is 0.0588. The van der Waals surface area contributed by atoms with Gasteiger partial charge < -0.3 is 9.51 Å². The Bertz CT molecular complexity index is 1130. The van der Waals surface area contributed by atoms with E-state index in [4.69, 9.17) is 4.52 Å². The Morgan fingerprint density at radius 3 is 2.58 bits per heavy atom. The van der Waals surface area contributed by atoms with Gasteiger partial charge in [-0.1, -0.05) is 47.6 Å². The molecule has 0 fully saturated rings. The Labute approximate surface area is 135 Å². The second-order valence-electron chi connectivity index (χ2n) is 5.24. The van der Waals surface area contributed by atoms with Gasteiger partial charge in [0, 0.05) is 5.56 Å². The lowest BCUT2D eigenvalue weighted by molar-refractivity contribution is 0.368. The van der Waals surface area contributed by atoms with Crippen molar-refractivity contribution in [3.63, 3.8) is 0 Å². The zero-order valence-electron chi connectivity index (χ0n) is 12.5. The topological polar surface area (TPSA) is 93.8 Å². The first kappa shape index (κ1) is 14.1. The van der Waals surface area contributed by atoms with E-state index in [1.54, 1.807) is 24.3 Å². The number of nitrogens with one attached hydrogen (secondary N) is 1. The van der Waals surface area contributed by atoms with Crippen LogP contribution in [0.1, 0.15) is 5.89 Å². The zero-order chi connectivity index (χ0) is 16.5. The normalized spacial score (nSPS) is 11.0. The Kier molecular flexibility index (Phi) is 3.31. The van der Waals surface area contributed by atoms with Crippen molar-refractivity contribution in [2.45, 2.75) is 6.54 Å². The van der Waals surface area contributed by atoms with Gasteiger partial charge in [0.2, 0.25) is 11.7 Å². The summed E-state index contributed by atoms with van der Waals surface area (Å²) >= 11 is 0. The lowest BCUT2D eigenvalue weighted by Crippen LogP contribution is -2.35. The third kappa shape index (κ3) is 2.41. The van der Waals surface area contributed by atoms with Crippen LogP contribution >= 0.6 is 0 Å². The molecule has 4 aromatic rings. The number of nitrogens with zero attached hydrogens (tertiary/aromatic N) is 3. The molecule has 0 bridgehead atoms. The maximum Gasteiger partial charge on any atom is 0.329 e. The number of benzene rings is 2. The Morgan fingerprint density at radius 1 is 1.00 bits per heavy atom. The van der Waals surface area contributed by atoms with Gasteiger partial charge in [0.15, 0.2) is 0 Å². The molecule has 0 atom stereocenters. The van der Waals surface area contributed by atoms with Crippen LogP contribution in [0.4, 0.5) is 0 Å². The summed E-state index contributed by atoms with van der Waals surface area (Å²) in [5.41, 5.74) is 0.387. The molecule has 0 aliphatic rings. The van der Waals surface area contributed by atoms with Crippen LogP contribution in [-0.2, 0) is 6.54 Å². The van der Waals surface area contributed by atoms with Gasteiger partial charge in [0.1, 0.15) is 6.54 Å². The van der Waals surface area contributed by atoms with Crippen molar-refractivity contribution in [2.24, 2.45) is 0 Å². The molecule has 118 valence electrons. The standard InChI is InChI=1S/C17H12N4O3/c22-16-12-8-4-5-9-13(12)18-17(23)21(16)10-14-19-15(20-24-14)11-6-2-1-3-7-11/h1-9H,10H2,(H,18,23). The van der Waals surface area contributed by atoms with Gasteiger partial charge in [0.05, 0.1) is 10.9 Å². The van der Waals surface area contributed by atoms with Crippen molar-refractivity contribution in [3.05, 3.63) is 81.3 Å². The van der Waals surface area contributed by atoms with Crippen LogP contribution in [0.3, 0.4) is 0 Å². The summed E-state index contributed by atoms with van der Waals surface area (Å²) in [6.07, 6.45) is 0. The number of hydrogen-bond donors (Lipinski definition) is 1. The van der Waals surface area contributed by atoms with E-state index in [2.05, 4.69) is 15.1 Å². The quantitative estimate of drug-likeness (QED) is 0.621. The van der Waals surface area contributed by atoms with E-state index in [1.165, 1.54) is 0 Å². The van der Waals surface area contributed by atoms with E-state index in [9.17, 15) is 9.59 Å². The third-order valence-electron chi connectivity index (χ3n) is 3.68. The average molecular weight is 320 g/mol. The molecule has 0 aliphatic heterocycles. The van der Waals surface area contributed by atoms with Crippen LogP contribution in [-0.4, -0.2) is 19.7 Å². The fourth-order valence-corrected chi connectivity index (χ4v) is 2.50. The first-order valence-electron chi connectivity index (χ1n) is 7.32. The third-order valence-corrected chi connectivity index (χ3v) is 3.68. The highest BCUT2D eigenvalue weighted by atomic mass is 16.5. The van der Waals surface area contributed by atoms with Gasteiger partial charge in [-0.2, -0.15) is 4.98 Å². The Hall–Kier alpha value is -3.48. The number of aromatic amines is 1. The molecule has 0 radical (unpaired) electrons. The van der Waals surface area contributed by atoms with Crippen molar-refractivity contribution >= 4 is 10.9 Å². The first-order valence-corrected chi connectivity index (χ1v) is 7.32. The zero-order valence-corrected chi connectivity index (χ0v) is 12.5. The Balaban J connectivity index is 1.74. The molecular formula is C17H12N4O3. The second-order valence-corrected chi connectivity index (χ2v) is 5.24. The number of aromatic nitrogens is 4. The van der Waals surface area contributed by atoms with Crippen LogP contribution in [0.15, 0.2) is 68.7 Å². The van der Waals surface area contributed by atoms with Gasteiger partial charge in [-0.25, -0.2) is 4.79 Å². The molecule has 2 heterocycles. The molecular weight excluding hydrogens is 308 g/mol. The van der Waals surface area contributed by atoms with E-state index < -0.39 is 11.2 Å². The summed E-state index contributed by atoms with van der Waals surface area (Å²) in [5.74, 6) is 0.604. The second kappa shape index (κ2) is 5.62. The van der Waals surface area contributed by atoms with E-state index in [0.29, 0.717) is 16.7 Å². The lowest BCUT2D eigenvalue weighted by atomic mass is 10.2. The highest BCUT2D eigenvalue weighted by Gasteiger charge is 2.13. The first-order chi connectivity index (χ1) is 11.7. The molecule has 0 amide bonds. The van der Waals surface area contributed by atoms with Crippen LogP contribution in [0.25, 0.3) is 22.3 Å². The molecule has 0 aliphatic carbocycles. The maximum atomic E-state index is 12.5. The summed E-state index contributed by atoms with van der Waals surface area (Å²) < 4.78 is 6.22. The van der Waals surface area contributed by atoms with Crippen LogP contribution < -0.4 is 11.2 Å². The molecule has 24 heavy (non-hydrogen) atoms. The minimum atomic E-state index is -0.516. The van der Waals surface area contributed by atoms with Gasteiger partial charge in [-0.15, -0.1) is 0 Å². The number of H-pyrrole nitrogens is 1. The minimum Gasteiger partial charge on any atom is -0.337 e. The maximum absolute atomic E-state index is 12.5. The molecule has 7 heteroatoms. The molecule has 0 saturated carbocycles. The molecule has 0 spiro atoms. The molecule has 1 N–H and O–H groups in total. The predicted octanol–water partition coefficient (Wildman–Crippen LogP) is 1.79. The van der Waals surface area contributed by atoms with Gasteiger partial charge in [-0.3, -0.25) is 9.36 Å². The molecule has 0 unspecified atom stereocenters. The molecule has 7 nitrogen and oxygen atoms in total. The monoisotopic (exact) mass is 320 g/mol.